The van der Waals surface area contributed by atoms with Crippen LogP contribution >= 0.6 is 0 Å². The molecule has 0 saturated carbocycles. The molecule has 4 nitrogen and oxygen atoms in total. The molecule has 1 saturated heterocycles. The van der Waals surface area contributed by atoms with Crippen molar-refractivity contribution in [2.45, 2.75) is 37.3 Å². The Morgan fingerprint density at radius 1 is 1.35 bits per heavy atom. The van der Waals surface area contributed by atoms with E-state index in [-0.39, 0.29) is 5.91 Å². The van der Waals surface area contributed by atoms with Crippen LogP contribution in [0.2, 0.25) is 0 Å². The van der Waals surface area contributed by atoms with Crippen LogP contribution in [0.1, 0.15) is 24.0 Å². The molecule has 1 unspecified atom stereocenters. The zero-order chi connectivity index (χ0) is 14.2. The van der Waals surface area contributed by atoms with Crippen molar-refractivity contribution in [3.63, 3.8) is 0 Å². The summed E-state index contributed by atoms with van der Waals surface area (Å²) in [6, 6.07) is 8.62. The van der Waals surface area contributed by atoms with Crippen LogP contribution in [-0.4, -0.2) is 42.5 Å². The van der Waals surface area contributed by atoms with Crippen molar-refractivity contribution in [3.05, 3.63) is 35.4 Å². The predicted octanol–water partition coefficient (Wildman–Crippen LogP) is 0.693. The Kier molecular flexibility index (Phi) is 3.52. The third-order valence-electron chi connectivity index (χ3n) is 4.67. The second-order valence-corrected chi connectivity index (χ2v) is 6.16. The van der Waals surface area contributed by atoms with E-state index in [0.29, 0.717) is 18.9 Å². The molecule has 0 radical (unpaired) electrons. The van der Waals surface area contributed by atoms with Gasteiger partial charge in [0.1, 0.15) is 5.54 Å². The predicted molar refractivity (Wildman–Crippen MR) is 79.4 cm³/mol. The molecule has 0 spiro atoms. The smallest absolute Gasteiger partial charge is 0.243 e. The van der Waals surface area contributed by atoms with Crippen LogP contribution in [0.5, 0.6) is 0 Å². The molecule has 1 aromatic rings. The van der Waals surface area contributed by atoms with Crippen molar-refractivity contribution in [2.24, 2.45) is 5.73 Å². The second kappa shape index (κ2) is 5.19. The highest BCUT2D eigenvalue weighted by Crippen LogP contribution is 2.30. The lowest BCUT2D eigenvalue weighted by molar-refractivity contribution is -0.138. The molecule has 1 amide bonds. The fourth-order valence-corrected chi connectivity index (χ4v) is 3.51. The van der Waals surface area contributed by atoms with Crippen molar-refractivity contribution >= 4 is 5.91 Å². The normalized spacial score (nSPS) is 24.5. The Morgan fingerprint density at radius 2 is 2.00 bits per heavy atom. The van der Waals surface area contributed by atoms with Gasteiger partial charge in [0.05, 0.1) is 0 Å². The van der Waals surface area contributed by atoms with E-state index < -0.39 is 5.54 Å². The number of carbonyl (C=O) groups is 1. The minimum atomic E-state index is -0.737. The summed E-state index contributed by atoms with van der Waals surface area (Å²) in [5.41, 5.74) is 8.18. The highest BCUT2D eigenvalue weighted by Gasteiger charge is 2.43. The molecule has 4 heteroatoms. The number of hydrogen-bond donors (Lipinski definition) is 2. The largest absolute Gasteiger partial charge is 0.340 e. The maximum atomic E-state index is 12.8. The van der Waals surface area contributed by atoms with Gasteiger partial charge in [-0.05, 0) is 43.9 Å². The van der Waals surface area contributed by atoms with Gasteiger partial charge in [0.25, 0.3) is 0 Å². The summed E-state index contributed by atoms with van der Waals surface area (Å²) in [4.78, 5) is 14.8. The Labute approximate surface area is 120 Å². The van der Waals surface area contributed by atoms with E-state index in [0.717, 1.165) is 25.9 Å². The molecule has 3 N–H and O–H groups in total. The molecule has 0 bridgehead atoms. The molecular formula is C16H23N3O. The third kappa shape index (κ3) is 2.34. The van der Waals surface area contributed by atoms with E-state index in [4.69, 9.17) is 5.73 Å². The first-order chi connectivity index (χ1) is 9.62. The number of amides is 1. The van der Waals surface area contributed by atoms with Gasteiger partial charge in [-0.15, -0.1) is 0 Å². The van der Waals surface area contributed by atoms with Crippen molar-refractivity contribution in [3.8, 4) is 0 Å². The summed E-state index contributed by atoms with van der Waals surface area (Å²) >= 11 is 0. The van der Waals surface area contributed by atoms with E-state index in [1.807, 2.05) is 24.1 Å². The lowest BCUT2D eigenvalue weighted by Gasteiger charge is -2.37. The highest BCUT2D eigenvalue weighted by molar-refractivity contribution is 5.88. The zero-order valence-corrected chi connectivity index (χ0v) is 12.1. The standard InChI is InChI=1S/C16H23N3O/c1-18-14-7-4-8-19(11-14)15(20)16(17)9-12-5-2-3-6-13(12)10-16/h2-3,5-6,14,18H,4,7-11,17H2,1H3. The van der Waals surface area contributed by atoms with E-state index in [1.54, 1.807) is 0 Å². The van der Waals surface area contributed by atoms with Gasteiger partial charge in [-0.1, -0.05) is 24.3 Å². The van der Waals surface area contributed by atoms with Gasteiger partial charge in [-0.25, -0.2) is 0 Å². The number of likely N-dealkylation sites (tertiary alicyclic amines) is 1. The summed E-state index contributed by atoms with van der Waals surface area (Å²) in [5.74, 6) is 0.119. The number of piperidine rings is 1. The van der Waals surface area contributed by atoms with Crippen LogP contribution in [0.25, 0.3) is 0 Å². The van der Waals surface area contributed by atoms with Crippen LogP contribution in [0.3, 0.4) is 0 Å². The van der Waals surface area contributed by atoms with Crippen LogP contribution < -0.4 is 11.1 Å². The Hall–Kier alpha value is -1.39. The Bertz CT molecular complexity index is 489. The SMILES string of the molecule is CNC1CCCN(C(=O)C2(N)Cc3ccccc3C2)C1. The lowest BCUT2D eigenvalue weighted by atomic mass is 9.93. The summed E-state index contributed by atoms with van der Waals surface area (Å²) in [7, 11) is 1.96. The summed E-state index contributed by atoms with van der Waals surface area (Å²) in [5, 5.41) is 3.27. The number of carbonyl (C=O) groups excluding carboxylic acids is 1. The number of benzene rings is 1. The van der Waals surface area contributed by atoms with Crippen LogP contribution in [0.15, 0.2) is 24.3 Å². The van der Waals surface area contributed by atoms with Crippen molar-refractivity contribution < 1.29 is 4.79 Å². The summed E-state index contributed by atoms with van der Waals surface area (Å²) in [6.45, 7) is 1.62. The summed E-state index contributed by atoms with van der Waals surface area (Å²) < 4.78 is 0. The molecule has 1 atom stereocenters. The van der Waals surface area contributed by atoms with E-state index in [1.165, 1.54) is 11.1 Å². The quantitative estimate of drug-likeness (QED) is 0.833. The Balaban J connectivity index is 1.75. The lowest BCUT2D eigenvalue weighted by Crippen LogP contribution is -2.59. The van der Waals surface area contributed by atoms with E-state index >= 15 is 0 Å². The maximum Gasteiger partial charge on any atom is 0.243 e. The molecule has 0 aromatic heterocycles. The van der Waals surface area contributed by atoms with Crippen LogP contribution in [0.4, 0.5) is 0 Å². The number of hydrogen-bond acceptors (Lipinski definition) is 3. The van der Waals surface area contributed by atoms with Crippen LogP contribution in [-0.2, 0) is 17.6 Å². The van der Waals surface area contributed by atoms with Gasteiger partial charge in [-0.3, -0.25) is 4.79 Å². The number of nitrogens with two attached hydrogens (primary N) is 1. The van der Waals surface area contributed by atoms with E-state index in [2.05, 4.69) is 17.4 Å². The molecular weight excluding hydrogens is 250 g/mol. The topological polar surface area (TPSA) is 58.4 Å². The average Bonchev–Trinajstić information content (AvgIpc) is 2.84. The van der Waals surface area contributed by atoms with Crippen molar-refractivity contribution in [2.75, 3.05) is 20.1 Å². The average molecular weight is 273 g/mol. The minimum absolute atomic E-state index is 0.119. The van der Waals surface area contributed by atoms with Gasteiger partial charge >= 0.3 is 0 Å². The number of nitrogens with one attached hydrogen (secondary N) is 1. The fraction of sp³-hybridized carbons (Fsp3) is 0.562. The number of likely N-dealkylation sites (N-methyl/N-ethyl adjacent to an activating group) is 1. The summed E-state index contributed by atoms with van der Waals surface area (Å²) in [6.07, 6.45) is 3.53. The fourth-order valence-electron chi connectivity index (χ4n) is 3.51. The van der Waals surface area contributed by atoms with E-state index in [9.17, 15) is 4.79 Å². The first-order valence-corrected chi connectivity index (χ1v) is 7.45. The van der Waals surface area contributed by atoms with Gasteiger partial charge in [0.2, 0.25) is 5.91 Å². The van der Waals surface area contributed by atoms with Gasteiger partial charge in [0, 0.05) is 19.1 Å². The molecule has 1 aliphatic heterocycles. The molecule has 108 valence electrons. The van der Waals surface area contributed by atoms with Gasteiger partial charge < -0.3 is 16.0 Å². The first kappa shape index (κ1) is 13.6. The van der Waals surface area contributed by atoms with Crippen LogP contribution in [0, 0.1) is 0 Å². The first-order valence-electron chi connectivity index (χ1n) is 7.45. The molecule has 3 rings (SSSR count). The second-order valence-electron chi connectivity index (χ2n) is 6.16. The number of nitrogens with zero attached hydrogens (tertiary/aromatic N) is 1. The molecule has 1 fully saturated rings. The van der Waals surface area contributed by atoms with Gasteiger partial charge in [0.15, 0.2) is 0 Å². The molecule has 1 heterocycles. The molecule has 1 aliphatic carbocycles. The molecule has 2 aliphatic rings. The Morgan fingerprint density at radius 3 is 2.60 bits per heavy atom. The van der Waals surface area contributed by atoms with Crippen molar-refractivity contribution in [1.29, 1.82) is 0 Å². The monoisotopic (exact) mass is 273 g/mol. The highest BCUT2D eigenvalue weighted by atomic mass is 16.2. The molecule has 1 aromatic carbocycles. The van der Waals surface area contributed by atoms with Crippen molar-refractivity contribution in [1.82, 2.24) is 10.2 Å². The third-order valence-corrected chi connectivity index (χ3v) is 4.67. The number of fused-ring (bicyclic) bond motifs is 1. The molecule has 20 heavy (non-hydrogen) atoms. The minimum Gasteiger partial charge on any atom is -0.340 e. The number of rotatable bonds is 2. The maximum absolute atomic E-state index is 12.8. The zero-order valence-electron chi connectivity index (χ0n) is 12.1. The van der Waals surface area contributed by atoms with Gasteiger partial charge in [-0.2, -0.15) is 0 Å².